The van der Waals surface area contributed by atoms with Crippen LogP contribution in [-0.2, 0) is 14.8 Å². The van der Waals surface area contributed by atoms with Gasteiger partial charge in [0, 0.05) is 36.8 Å². The Balaban J connectivity index is 1.53. The highest BCUT2D eigenvalue weighted by Crippen LogP contribution is 2.41. The summed E-state index contributed by atoms with van der Waals surface area (Å²) >= 11 is 0. The van der Waals surface area contributed by atoms with Crippen molar-refractivity contribution in [3.05, 3.63) is 42.0 Å². The van der Waals surface area contributed by atoms with Crippen LogP contribution in [0.15, 0.2) is 41.3 Å². The third-order valence-electron chi connectivity index (χ3n) is 9.03. The number of hydrogen-bond donors (Lipinski definition) is 2. The molecule has 9 nitrogen and oxygen atoms in total. The molecule has 2 fully saturated rings. The Morgan fingerprint density at radius 1 is 1.10 bits per heavy atom. The minimum atomic E-state index is -4.13. The van der Waals surface area contributed by atoms with Gasteiger partial charge in [-0.25, -0.2) is 18.1 Å². The topological polar surface area (TPSA) is 112 Å². The lowest BCUT2D eigenvalue weighted by molar-refractivity contribution is -0.121. The molecule has 3 aliphatic rings. The number of aromatic nitrogens is 1. The first kappa shape index (κ1) is 30.3. The molecule has 2 aromatic rings. The summed E-state index contributed by atoms with van der Waals surface area (Å²) in [4.78, 5) is 36.2. The molecular weight excluding hydrogens is 550 g/mol. The summed E-state index contributed by atoms with van der Waals surface area (Å²) in [5.41, 5.74) is 0.717. The molecule has 0 spiro atoms. The number of carbonyl (C=O) groups is 2. The maximum atomic E-state index is 13.7. The molecule has 0 aliphatic carbocycles. The second kappa shape index (κ2) is 11.2. The van der Waals surface area contributed by atoms with E-state index in [0.29, 0.717) is 36.3 Å². The number of nitrogens with zero attached hydrogens (tertiary/aromatic N) is 3. The van der Waals surface area contributed by atoms with Crippen LogP contribution in [0.5, 0.6) is 0 Å². The van der Waals surface area contributed by atoms with Crippen LogP contribution in [0.3, 0.4) is 0 Å². The number of pyridine rings is 1. The Morgan fingerprint density at radius 3 is 2.60 bits per heavy atom. The minimum absolute atomic E-state index is 0.0157. The van der Waals surface area contributed by atoms with Crippen LogP contribution in [0.2, 0.25) is 0 Å². The molecule has 2 amide bonds. The van der Waals surface area contributed by atoms with Gasteiger partial charge in [0.05, 0.1) is 10.5 Å². The van der Waals surface area contributed by atoms with E-state index in [1.165, 1.54) is 6.07 Å². The first-order valence-corrected chi connectivity index (χ1v) is 16.6. The molecule has 3 aliphatic heterocycles. The van der Waals surface area contributed by atoms with E-state index in [0.717, 1.165) is 38.6 Å². The molecule has 5 rings (SSSR count). The molecule has 4 bridgehead atoms. The van der Waals surface area contributed by atoms with E-state index in [4.69, 9.17) is 4.98 Å². The molecule has 1 aromatic carbocycles. The third kappa shape index (κ3) is 6.28. The Labute approximate surface area is 250 Å². The van der Waals surface area contributed by atoms with Crippen molar-refractivity contribution >= 4 is 39.2 Å². The van der Waals surface area contributed by atoms with Crippen LogP contribution in [-0.4, -0.2) is 50.4 Å². The summed E-state index contributed by atoms with van der Waals surface area (Å²) in [5, 5.41) is 3.33. The maximum Gasteiger partial charge on any atom is 0.268 e. The number of amides is 2. The average molecular weight is 596 g/mol. The van der Waals surface area contributed by atoms with Crippen molar-refractivity contribution in [1.29, 1.82) is 0 Å². The Morgan fingerprint density at radius 2 is 1.86 bits per heavy atom. The van der Waals surface area contributed by atoms with E-state index >= 15 is 0 Å². The molecule has 4 heterocycles. The van der Waals surface area contributed by atoms with Crippen LogP contribution in [0.25, 0.3) is 0 Å². The molecule has 3 atom stereocenters. The number of hydrogen-bond acceptors (Lipinski definition) is 7. The van der Waals surface area contributed by atoms with Crippen molar-refractivity contribution in [2.24, 2.45) is 23.2 Å². The second-order valence-corrected chi connectivity index (χ2v) is 15.9. The first-order chi connectivity index (χ1) is 19.6. The van der Waals surface area contributed by atoms with E-state index in [1.54, 1.807) is 29.2 Å². The van der Waals surface area contributed by atoms with Crippen molar-refractivity contribution in [1.82, 2.24) is 9.71 Å². The summed E-state index contributed by atoms with van der Waals surface area (Å²) in [6, 6.07) is 9.83. The average Bonchev–Trinajstić information content (AvgIpc) is 3.37. The van der Waals surface area contributed by atoms with Crippen LogP contribution >= 0.6 is 0 Å². The number of sulfonamides is 1. The fourth-order valence-corrected chi connectivity index (χ4v) is 7.72. The lowest BCUT2D eigenvalue weighted by atomic mass is 9.83. The summed E-state index contributed by atoms with van der Waals surface area (Å²) in [5.74, 6) is 0.758. The van der Waals surface area contributed by atoms with Gasteiger partial charge >= 0.3 is 0 Å². The summed E-state index contributed by atoms with van der Waals surface area (Å²) in [6.45, 7) is 14.9. The van der Waals surface area contributed by atoms with Gasteiger partial charge in [0.2, 0.25) is 5.91 Å². The second-order valence-electron chi connectivity index (χ2n) is 14.2. The zero-order valence-electron chi connectivity index (χ0n) is 25.7. The van der Waals surface area contributed by atoms with E-state index in [-0.39, 0.29) is 39.2 Å². The van der Waals surface area contributed by atoms with Crippen molar-refractivity contribution in [2.75, 3.05) is 34.8 Å². The Bertz CT molecular complexity index is 1470. The van der Waals surface area contributed by atoms with Gasteiger partial charge in [0.15, 0.2) is 0 Å². The zero-order chi connectivity index (χ0) is 30.4. The first-order valence-electron chi connectivity index (χ1n) is 15.2. The molecule has 228 valence electrons. The van der Waals surface area contributed by atoms with E-state index in [1.807, 2.05) is 6.07 Å². The summed E-state index contributed by atoms with van der Waals surface area (Å²) in [7, 11) is -4.13. The predicted octanol–water partition coefficient (Wildman–Crippen LogP) is 5.44. The van der Waals surface area contributed by atoms with Gasteiger partial charge in [0.1, 0.15) is 11.6 Å². The Kier molecular flexibility index (Phi) is 8.06. The van der Waals surface area contributed by atoms with Crippen molar-refractivity contribution < 1.29 is 18.0 Å². The van der Waals surface area contributed by atoms with Crippen molar-refractivity contribution in [2.45, 2.75) is 84.1 Å². The van der Waals surface area contributed by atoms with Gasteiger partial charge in [-0.3, -0.25) is 14.5 Å². The van der Waals surface area contributed by atoms with Gasteiger partial charge in [-0.05, 0) is 93.5 Å². The number of rotatable bonds is 3. The maximum absolute atomic E-state index is 13.7. The monoisotopic (exact) mass is 595 g/mol. The van der Waals surface area contributed by atoms with Crippen LogP contribution in [0, 0.1) is 23.2 Å². The quantitative estimate of drug-likeness (QED) is 0.486. The molecular formula is C32H45N5O4S. The third-order valence-corrected chi connectivity index (χ3v) is 10.4. The smallest absolute Gasteiger partial charge is 0.268 e. The van der Waals surface area contributed by atoms with Gasteiger partial charge in [-0.15, -0.1) is 0 Å². The highest BCUT2D eigenvalue weighted by molar-refractivity contribution is 7.90. The molecule has 42 heavy (non-hydrogen) atoms. The lowest BCUT2D eigenvalue weighted by Crippen LogP contribution is -2.41. The highest BCUT2D eigenvalue weighted by atomic mass is 32.2. The van der Waals surface area contributed by atoms with Crippen LogP contribution < -0.4 is 19.8 Å². The number of fused-ring (bicyclic) bond motifs is 6. The van der Waals surface area contributed by atoms with Gasteiger partial charge in [-0.2, -0.15) is 0 Å². The molecule has 0 radical (unpaired) electrons. The minimum Gasteiger partial charge on any atom is -0.385 e. The molecule has 2 saturated heterocycles. The van der Waals surface area contributed by atoms with Gasteiger partial charge in [-0.1, -0.05) is 33.8 Å². The Hall–Kier alpha value is -3.14. The normalized spacial score (nSPS) is 25.7. The van der Waals surface area contributed by atoms with E-state index < -0.39 is 15.9 Å². The number of nitrogens with one attached hydrogen (secondary N) is 2. The SMILES string of the molecule is CC1CN(c2ccc3c(n2)N2C[C@@H](CCCNc4cccc(c4)S(=O)(=O)NC3=O)CC2(C)C)C(=O)C1CCC(C)(C)C. The van der Waals surface area contributed by atoms with Gasteiger partial charge in [0.25, 0.3) is 15.9 Å². The standard InChI is InChI=1S/C32H45N5O4S/c1-21-19-36(30(39)25(21)14-15-31(2,3)4)27-13-12-26-28(34-27)37-20-22(18-32(37,5)6)9-8-16-33-23-10-7-11-24(17-23)42(40,41)35-29(26)38/h7,10-13,17,21-22,25,33H,8-9,14-16,18-20H2,1-6H3,(H,35,38)/t21?,22-,25?/m0/s1. The summed E-state index contributed by atoms with van der Waals surface area (Å²) in [6.07, 6.45) is 4.61. The van der Waals surface area contributed by atoms with E-state index in [2.05, 4.69) is 56.5 Å². The molecule has 10 heteroatoms. The lowest BCUT2D eigenvalue weighted by Gasteiger charge is -2.34. The molecule has 2 N–H and O–H groups in total. The molecule has 1 aromatic heterocycles. The molecule has 2 unspecified atom stereocenters. The highest BCUT2D eigenvalue weighted by Gasteiger charge is 2.43. The number of carbonyl (C=O) groups excluding carboxylic acids is 2. The number of benzene rings is 1. The summed E-state index contributed by atoms with van der Waals surface area (Å²) < 4.78 is 28.9. The van der Waals surface area contributed by atoms with Crippen molar-refractivity contribution in [3.63, 3.8) is 0 Å². The van der Waals surface area contributed by atoms with Gasteiger partial charge < -0.3 is 10.2 Å². The van der Waals surface area contributed by atoms with E-state index in [9.17, 15) is 18.0 Å². The predicted molar refractivity (Wildman–Crippen MR) is 166 cm³/mol. The molecule has 0 saturated carbocycles. The zero-order valence-corrected chi connectivity index (χ0v) is 26.6. The van der Waals surface area contributed by atoms with Crippen LogP contribution in [0.1, 0.15) is 84.0 Å². The van der Waals surface area contributed by atoms with Crippen molar-refractivity contribution in [3.8, 4) is 0 Å². The fraction of sp³-hybridized carbons (Fsp3) is 0.594. The van der Waals surface area contributed by atoms with Crippen LogP contribution in [0.4, 0.5) is 17.3 Å². The fourth-order valence-electron chi connectivity index (χ4n) is 6.71. The largest absolute Gasteiger partial charge is 0.385 e. The number of anilines is 3.